The summed E-state index contributed by atoms with van der Waals surface area (Å²) in [7, 11) is 0. The number of primary amides is 3. The van der Waals surface area contributed by atoms with Gasteiger partial charge in [-0.1, -0.05) is 153 Å². The van der Waals surface area contributed by atoms with Crippen LogP contribution in [0, 0.1) is 26.2 Å². The van der Waals surface area contributed by atoms with E-state index in [2.05, 4.69) is 26.6 Å². The van der Waals surface area contributed by atoms with Gasteiger partial charge in [0.15, 0.2) is 0 Å². The first kappa shape index (κ1) is 72.4. The molecule has 6 aromatic carbocycles. The predicted octanol–water partition coefficient (Wildman–Crippen LogP) is 12.9. The number of nitrogens with two attached hydrogens (primary N) is 4. The first-order valence-electron chi connectivity index (χ1n) is 35.6. The Balaban J connectivity index is 0.000000154. The van der Waals surface area contributed by atoms with E-state index in [1.165, 1.54) is 12.8 Å². The summed E-state index contributed by atoms with van der Waals surface area (Å²) in [6, 6.07) is 46.5. The van der Waals surface area contributed by atoms with Crippen LogP contribution in [0.1, 0.15) is 211 Å². The van der Waals surface area contributed by atoms with E-state index in [0.717, 1.165) is 127 Å². The Labute approximate surface area is 596 Å². The Kier molecular flexibility index (Phi) is 23.2. The van der Waals surface area contributed by atoms with E-state index in [1.54, 1.807) is 4.68 Å². The number of amides is 6. The van der Waals surface area contributed by atoms with Crippen LogP contribution < -0.4 is 49.5 Å². The van der Waals surface area contributed by atoms with Gasteiger partial charge in [-0.3, -0.25) is 28.8 Å². The minimum atomic E-state index is -0.585. The molecule has 4 fully saturated rings. The van der Waals surface area contributed by atoms with Crippen molar-refractivity contribution in [2.75, 3.05) is 36.1 Å². The number of anilines is 3. The average molecular weight is 1380 g/mol. The molecule has 1 saturated heterocycles. The average Bonchev–Trinajstić information content (AvgIpc) is 1.62. The summed E-state index contributed by atoms with van der Waals surface area (Å²) in [4.78, 5) is 74.7. The Morgan fingerprint density at radius 3 is 1.14 bits per heavy atom. The molecule has 0 unspecified atom stereocenters. The predicted molar refractivity (Wildman–Crippen MR) is 399 cm³/mol. The molecule has 22 nitrogen and oxygen atoms in total. The Morgan fingerprint density at radius 2 is 0.804 bits per heavy atom. The van der Waals surface area contributed by atoms with Gasteiger partial charge in [0.1, 0.15) is 51.2 Å². The fourth-order valence-corrected chi connectivity index (χ4v) is 14.3. The van der Waals surface area contributed by atoms with E-state index in [4.69, 9.17) is 43.0 Å². The first-order chi connectivity index (χ1) is 49.2. The number of rotatable bonds is 22. The Hall–Kier alpha value is -10.9. The number of nitrogens with one attached hydrogen (secondary N) is 5. The number of carbonyl (C=O) groups is 6. The molecule has 6 amide bonds. The van der Waals surface area contributed by atoms with Crippen molar-refractivity contribution in [2.24, 2.45) is 22.6 Å². The lowest BCUT2D eigenvalue weighted by Crippen LogP contribution is -2.45. The van der Waals surface area contributed by atoms with Gasteiger partial charge < -0.3 is 54.3 Å². The number of aryl methyl sites for hydroxylation is 3. The summed E-state index contributed by atoms with van der Waals surface area (Å²) >= 11 is 0. The maximum absolute atomic E-state index is 12.5. The minimum absolute atomic E-state index is 0.0984. The van der Waals surface area contributed by atoms with Gasteiger partial charge in [0.05, 0.1) is 31.3 Å². The van der Waals surface area contributed by atoms with Crippen LogP contribution in [-0.4, -0.2) is 90.6 Å². The number of nitrogens with zero attached hydrogens (tertiary/aromatic N) is 6. The van der Waals surface area contributed by atoms with E-state index >= 15 is 0 Å². The molecule has 3 aromatic heterocycles. The highest BCUT2D eigenvalue weighted by atomic mass is 16.5. The molecule has 0 radical (unpaired) electrons. The lowest BCUT2D eigenvalue weighted by atomic mass is 9.71. The lowest BCUT2D eigenvalue weighted by Gasteiger charge is -2.46. The summed E-state index contributed by atoms with van der Waals surface area (Å²) in [6.07, 6.45) is 12.9. The van der Waals surface area contributed by atoms with Gasteiger partial charge in [0, 0.05) is 71.0 Å². The van der Waals surface area contributed by atoms with Gasteiger partial charge >= 0.3 is 0 Å². The van der Waals surface area contributed by atoms with Crippen molar-refractivity contribution in [3.05, 3.63) is 212 Å². The van der Waals surface area contributed by atoms with Gasteiger partial charge in [-0.05, 0) is 144 Å². The molecule has 0 bridgehead atoms. The summed E-state index contributed by atoms with van der Waals surface area (Å²) < 4.78 is 11.2. The molecular weight excluding hydrogens is 1280 g/mol. The van der Waals surface area contributed by atoms with E-state index in [-0.39, 0.29) is 47.5 Å². The van der Waals surface area contributed by atoms with E-state index in [0.29, 0.717) is 93.9 Å². The third-order valence-corrected chi connectivity index (χ3v) is 20.0. The van der Waals surface area contributed by atoms with Crippen LogP contribution in [0.2, 0.25) is 0 Å². The molecular formula is C80H95N15O7. The third-order valence-electron chi connectivity index (χ3n) is 20.0. The Morgan fingerprint density at radius 1 is 0.471 bits per heavy atom. The normalized spacial score (nSPS) is 15.0. The molecule has 1 aliphatic heterocycles. The van der Waals surface area contributed by atoms with Crippen molar-refractivity contribution in [1.29, 1.82) is 0 Å². The van der Waals surface area contributed by atoms with Crippen LogP contribution in [-0.2, 0) is 24.4 Å². The van der Waals surface area contributed by atoms with Crippen LogP contribution in [0.4, 0.5) is 17.5 Å². The second kappa shape index (κ2) is 32.6. The number of aromatic nitrogens is 6. The van der Waals surface area contributed by atoms with E-state index < -0.39 is 17.7 Å². The molecule has 4 heterocycles. The van der Waals surface area contributed by atoms with Crippen LogP contribution in [0.15, 0.2) is 146 Å². The van der Waals surface area contributed by atoms with Crippen LogP contribution >= 0.6 is 0 Å². The zero-order valence-electron chi connectivity index (χ0n) is 59.2. The second-order valence-electron chi connectivity index (χ2n) is 27.7. The quantitative estimate of drug-likeness (QED) is 0.0305. The molecule has 1 spiro atoms. The highest BCUT2D eigenvalue weighted by molar-refractivity contribution is 6.05. The number of ether oxygens (including phenoxy) is 1. The molecule has 3 aliphatic carbocycles. The maximum Gasteiger partial charge on any atom is 0.254 e. The largest absolute Gasteiger partial charge is 0.383 e. The summed E-state index contributed by atoms with van der Waals surface area (Å²) in [5, 5.41) is 30.1. The molecule has 0 atom stereocenters. The molecule has 13 rings (SSSR count). The highest BCUT2D eigenvalue weighted by Crippen LogP contribution is 2.47. The number of hydrogen-bond acceptors (Lipinski definition) is 13. The van der Waals surface area contributed by atoms with Crippen LogP contribution in [0.25, 0.3) is 33.8 Å². The van der Waals surface area contributed by atoms with Crippen molar-refractivity contribution < 1.29 is 33.5 Å². The van der Waals surface area contributed by atoms with Gasteiger partial charge in [-0.2, -0.15) is 15.3 Å². The molecule has 102 heavy (non-hydrogen) atoms. The number of hydrogen-bond donors (Lipinski definition) is 9. The fraction of sp³-hybridized carbons (Fsp3) is 0.362. The van der Waals surface area contributed by atoms with Crippen LogP contribution in [0.5, 0.6) is 0 Å². The smallest absolute Gasteiger partial charge is 0.254 e. The second-order valence-corrected chi connectivity index (χ2v) is 27.7. The van der Waals surface area contributed by atoms with Crippen LogP contribution in [0.3, 0.4) is 0 Å². The minimum Gasteiger partial charge on any atom is -0.383 e. The highest BCUT2D eigenvalue weighted by Gasteiger charge is 2.43. The monoisotopic (exact) mass is 1380 g/mol. The van der Waals surface area contributed by atoms with Gasteiger partial charge in [0.25, 0.3) is 35.4 Å². The van der Waals surface area contributed by atoms with Crippen molar-refractivity contribution in [3.63, 3.8) is 0 Å². The molecule has 4 aliphatic rings. The van der Waals surface area contributed by atoms with Crippen molar-refractivity contribution in [2.45, 2.75) is 162 Å². The SMILES string of the molecule is CCNc1c(C(N)=O)c(-c2ccc(CNC(=O)c3ccccc3C)cc2)nn1C1CCCC1.Cc1ccccc1C(=O)NCc1ccc(-c2nn(C3CCC4(CC3)COC4)c(N)c2C(N)=O)cc1.Cc1ccccc1C(=O)NCc1ccc(-c2nn(C3CCCC3)c(NC(C)C)c2C(N)=O)cc1. The number of nitrogen functional groups attached to an aromatic ring is 1. The van der Waals surface area contributed by atoms with Crippen molar-refractivity contribution in [3.8, 4) is 33.8 Å². The van der Waals surface area contributed by atoms with Crippen molar-refractivity contribution in [1.82, 2.24) is 45.3 Å². The zero-order valence-corrected chi connectivity index (χ0v) is 59.2. The summed E-state index contributed by atoms with van der Waals surface area (Å²) in [5.41, 5.74) is 37.0. The fourth-order valence-electron chi connectivity index (χ4n) is 14.3. The van der Waals surface area contributed by atoms with Gasteiger partial charge in [-0.25, -0.2) is 14.0 Å². The van der Waals surface area contributed by atoms with Gasteiger partial charge in [0.2, 0.25) is 0 Å². The zero-order chi connectivity index (χ0) is 72.2. The molecule has 9 aromatic rings. The topological polar surface area (TPSA) is 329 Å². The Bertz CT molecular complexity index is 4470. The maximum atomic E-state index is 12.5. The third kappa shape index (κ3) is 16.6. The molecule has 3 saturated carbocycles. The lowest BCUT2D eigenvalue weighted by molar-refractivity contribution is -0.135. The first-order valence-corrected chi connectivity index (χ1v) is 35.6. The molecule has 13 N–H and O–H groups in total. The number of benzene rings is 6. The van der Waals surface area contributed by atoms with E-state index in [9.17, 15) is 28.8 Å². The van der Waals surface area contributed by atoms with Crippen molar-refractivity contribution >= 4 is 52.9 Å². The van der Waals surface area contributed by atoms with Gasteiger partial charge in [-0.15, -0.1) is 0 Å². The van der Waals surface area contributed by atoms with E-state index in [1.807, 2.05) is 196 Å². The summed E-state index contributed by atoms with van der Waals surface area (Å²) in [6.45, 7) is 15.4. The molecule has 22 heteroatoms. The number of carbonyl (C=O) groups excluding carboxylic acids is 6. The summed E-state index contributed by atoms with van der Waals surface area (Å²) in [5.74, 6) is -0.128. The standard InChI is InChI=1S/C27H31N5O3.C27H33N5O2.C26H31N5O2/c1-17-4-2-3-5-21(17)26(34)30-14-18-6-8-19(9-7-18)23-22(25(29)33)24(28)32(31-23)20-10-12-27(13-11-20)15-35-16-27;1-17(2)30-26-23(25(28)33)24(31-32(26)21-9-5-6-10-21)20-14-12-19(13-15-20)16-29-27(34)22-11-7-4-8-18(22)3;1-3-28-25-22(24(27)32)23(30-31(25)20-9-5-6-10-20)19-14-12-18(13-15-19)16-29-26(33)21-11-7-4-8-17(21)2/h2-9,20H,10-16,28H2,1H3,(H2,29,33)(H,30,34);4,7-8,11-15,17,21,30H,5-6,9-10,16H2,1-3H3,(H2,28,33)(H,29,34);4,7-8,11-15,20,28H,3,5-6,9-10,16H2,1-2H3,(H2,27,32)(H,29,33). The molecule has 532 valence electrons.